The minimum atomic E-state index is 0.546. The molecule has 1 fully saturated rings. The van der Waals surface area contributed by atoms with Gasteiger partial charge in [-0.3, -0.25) is 0 Å². The average molecular weight is 355 g/mol. The number of anilines is 1. The van der Waals surface area contributed by atoms with E-state index in [1.54, 1.807) is 7.11 Å². The molecule has 1 saturated heterocycles. The first-order valence-electron chi connectivity index (χ1n) is 7.93. The van der Waals surface area contributed by atoms with Crippen LogP contribution in [0.3, 0.4) is 0 Å². The highest BCUT2D eigenvalue weighted by Gasteiger charge is 2.29. The minimum absolute atomic E-state index is 0.546. The number of nitrogens with one attached hydrogen (secondary N) is 1. The van der Waals surface area contributed by atoms with Gasteiger partial charge >= 0.3 is 0 Å². The maximum atomic E-state index is 5.42. The normalized spacial score (nSPS) is 24.0. The molecule has 1 aromatic carbocycles. The van der Waals surface area contributed by atoms with Gasteiger partial charge < -0.3 is 15.0 Å². The average Bonchev–Trinajstić information content (AvgIpc) is 2.52. The van der Waals surface area contributed by atoms with Gasteiger partial charge in [-0.1, -0.05) is 43.1 Å². The van der Waals surface area contributed by atoms with Crippen LogP contribution in [0.1, 0.15) is 33.6 Å². The first kappa shape index (κ1) is 16.6. The van der Waals surface area contributed by atoms with E-state index in [9.17, 15) is 0 Å². The highest BCUT2D eigenvalue weighted by Crippen LogP contribution is 2.30. The summed E-state index contributed by atoms with van der Waals surface area (Å²) in [4.78, 5) is 2.54. The molecule has 3 atom stereocenters. The van der Waals surface area contributed by atoms with E-state index in [4.69, 9.17) is 4.74 Å². The van der Waals surface area contributed by atoms with Gasteiger partial charge in [0.2, 0.25) is 0 Å². The molecule has 0 spiro atoms. The Morgan fingerprint density at radius 3 is 2.76 bits per heavy atom. The second kappa shape index (κ2) is 7.50. The van der Waals surface area contributed by atoms with Crippen molar-refractivity contribution < 1.29 is 4.74 Å². The van der Waals surface area contributed by atoms with Gasteiger partial charge in [0, 0.05) is 41.4 Å². The van der Waals surface area contributed by atoms with Crippen molar-refractivity contribution in [1.29, 1.82) is 0 Å². The molecule has 1 aliphatic heterocycles. The molecule has 1 N–H and O–H groups in total. The summed E-state index contributed by atoms with van der Waals surface area (Å²) in [5.74, 6) is 1.60. The fourth-order valence-electron chi connectivity index (χ4n) is 3.00. The van der Waals surface area contributed by atoms with Crippen LogP contribution in [0.5, 0.6) is 5.75 Å². The minimum Gasteiger partial charge on any atom is -0.497 e. The van der Waals surface area contributed by atoms with Gasteiger partial charge in [-0.25, -0.2) is 0 Å². The van der Waals surface area contributed by atoms with Crippen molar-refractivity contribution in [3.63, 3.8) is 0 Å². The maximum absolute atomic E-state index is 5.42. The lowest BCUT2D eigenvalue weighted by atomic mass is 9.94. The molecule has 1 aromatic rings. The molecule has 4 heteroatoms. The van der Waals surface area contributed by atoms with Crippen molar-refractivity contribution in [3.05, 3.63) is 22.7 Å². The second-order valence-electron chi connectivity index (χ2n) is 5.96. The Labute approximate surface area is 137 Å². The quantitative estimate of drug-likeness (QED) is 0.862. The first-order chi connectivity index (χ1) is 10.1. The Hall–Kier alpha value is -0.740. The SMILES string of the molecule is CCC(C)C1CN(c2cc(Br)cc(OC)c2)C(CC)CN1. The van der Waals surface area contributed by atoms with Crippen molar-refractivity contribution in [2.45, 2.75) is 45.7 Å². The Bertz CT molecular complexity index is 466. The van der Waals surface area contributed by atoms with Gasteiger partial charge in [0.15, 0.2) is 0 Å². The van der Waals surface area contributed by atoms with Crippen LogP contribution in [-0.2, 0) is 0 Å². The third-order valence-electron chi connectivity index (χ3n) is 4.68. The van der Waals surface area contributed by atoms with Crippen LogP contribution in [0.4, 0.5) is 5.69 Å². The van der Waals surface area contributed by atoms with Crippen molar-refractivity contribution in [2.75, 3.05) is 25.1 Å². The molecule has 0 saturated carbocycles. The van der Waals surface area contributed by atoms with Crippen molar-refractivity contribution in [2.24, 2.45) is 5.92 Å². The fourth-order valence-corrected chi connectivity index (χ4v) is 3.46. The number of piperazine rings is 1. The number of rotatable bonds is 5. The largest absolute Gasteiger partial charge is 0.497 e. The number of ether oxygens (including phenoxy) is 1. The van der Waals surface area contributed by atoms with Gasteiger partial charge in [0.1, 0.15) is 5.75 Å². The summed E-state index contributed by atoms with van der Waals surface area (Å²) < 4.78 is 6.49. The molecule has 1 aliphatic rings. The van der Waals surface area contributed by atoms with E-state index in [0.717, 1.165) is 29.7 Å². The number of nitrogens with zero attached hydrogens (tertiary/aromatic N) is 1. The zero-order valence-electron chi connectivity index (χ0n) is 13.5. The zero-order valence-corrected chi connectivity index (χ0v) is 15.1. The highest BCUT2D eigenvalue weighted by atomic mass is 79.9. The van der Waals surface area contributed by atoms with Crippen LogP contribution in [0.25, 0.3) is 0 Å². The molecule has 0 aromatic heterocycles. The Morgan fingerprint density at radius 2 is 2.14 bits per heavy atom. The molecular weight excluding hydrogens is 328 g/mol. The van der Waals surface area contributed by atoms with Gasteiger partial charge in [-0.15, -0.1) is 0 Å². The summed E-state index contributed by atoms with van der Waals surface area (Å²) in [6.45, 7) is 8.99. The topological polar surface area (TPSA) is 24.5 Å². The Kier molecular flexibility index (Phi) is 5.94. The maximum Gasteiger partial charge on any atom is 0.122 e. The third kappa shape index (κ3) is 3.92. The number of hydrogen-bond acceptors (Lipinski definition) is 3. The number of methoxy groups -OCH3 is 1. The van der Waals surface area contributed by atoms with Crippen molar-refractivity contribution >= 4 is 21.6 Å². The lowest BCUT2D eigenvalue weighted by Gasteiger charge is -2.43. The predicted molar refractivity (Wildman–Crippen MR) is 93.4 cm³/mol. The Balaban J connectivity index is 2.26. The lowest BCUT2D eigenvalue weighted by Crippen LogP contribution is -2.58. The van der Waals surface area contributed by atoms with Crippen LogP contribution >= 0.6 is 15.9 Å². The number of halogens is 1. The molecule has 21 heavy (non-hydrogen) atoms. The molecule has 0 radical (unpaired) electrons. The lowest BCUT2D eigenvalue weighted by molar-refractivity contribution is 0.306. The number of benzene rings is 1. The molecule has 3 unspecified atom stereocenters. The standard InChI is InChI=1S/C17H27BrN2O/c1-5-12(3)17-11-20(14(6-2)10-19-17)15-7-13(18)8-16(9-15)21-4/h7-9,12,14,17,19H,5-6,10-11H2,1-4H3. The summed E-state index contributed by atoms with van der Waals surface area (Å²) in [5.41, 5.74) is 1.25. The van der Waals surface area contributed by atoms with Crippen molar-refractivity contribution in [1.82, 2.24) is 5.32 Å². The molecule has 1 heterocycles. The fraction of sp³-hybridized carbons (Fsp3) is 0.647. The summed E-state index contributed by atoms with van der Waals surface area (Å²) in [6, 6.07) is 7.46. The summed E-state index contributed by atoms with van der Waals surface area (Å²) in [5, 5.41) is 3.73. The summed E-state index contributed by atoms with van der Waals surface area (Å²) in [7, 11) is 1.72. The smallest absolute Gasteiger partial charge is 0.122 e. The van der Waals surface area contributed by atoms with Crippen LogP contribution in [-0.4, -0.2) is 32.3 Å². The van der Waals surface area contributed by atoms with Crippen LogP contribution < -0.4 is 15.0 Å². The molecule has 0 amide bonds. The van der Waals surface area contributed by atoms with E-state index in [-0.39, 0.29) is 0 Å². The van der Waals surface area contributed by atoms with Gasteiger partial charge in [0.05, 0.1) is 7.11 Å². The highest BCUT2D eigenvalue weighted by molar-refractivity contribution is 9.10. The van der Waals surface area contributed by atoms with E-state index >= 15 is 0 Å². The van der Waals surface area contributed by atoms with E-state index in [1.165, 1.54) is 12.1 Å². The zero-order chi connectivity index (χ0) is 15.4. The van der Waals surface area contributed by atoms with Gasteiger partial charge in [0.25, 0.3) is 0 Å². The van der Waals surface area contributed by atoms with E-state index in [2.05, 4.69) is 59.1 Å². The molecular formula is C17H27BrN2O. The first-order valence-corrected chi connectivity index (χ1v) is 8.72. The van der Waals surface area contributed by atoms with Gasteiger partial charge in [-0.05, 0) is 24.5 Å². The monoisotopic (exact) mass is 354 g/mol. The van der Waals surface area contributed by atoms with Crippen LogP contribution in [0.2, 0.25) is 0 Å². The van der Waals surface area contributed by atoms with E-state index in [0.29, 0.717) is 18.0 Å². The van der Waals surface area contributed by atoms with Crippen LogP contribution in [0, 0.1) is 5.92 Å². The third-order valence-corrected chi connectivity index (χ3v) is 5.13. The van der Waals surface area contributed by atoms with Crippen LogP contribution in [0.15, 0.2) is 22.7 Å². The molecule has 0 aliphatic carbocycles. The van der Waals surface area contributed by atoms with Gasteiger partial charge in [-0.2, -0.15) is 0 Å². The summed E-state index contributed by atoms with van der Waals surface area (Å²) in [6.07, 6.45) is 2.36. The van der Waals surface area contributed by atoms with Crippen molar-refractivity contribution in [3.8, 4) is 5.75 Å². The predicted octanol–water partition coefficient (Wildman–Crippen LogP) is 4.06. The summed E-state index contributed by atoms with van der Waals surface area (Å²) >= 11 is 3.60. The molecule has 3 nitrogen and oxygen atoms in total. The molecule has 118 valence electrons. The number of hydrogen-bond donors (Lipinski definition) is 1. The molecule has 0 bridgehead atoms. The van der Waals surface area contributed by atoms with E-state index in [1.807, 2.05) is 6.07 Å². The molecule has 2 rings (SSSR count). The Morgan fingerprint density at radius 1 is 1.38 bits per heavy atom. The van der Waals surface area contributed by atoms with E-state index < -0.39 is 0 Å². The second-order valence-corrected chi connectivity index (χ2v) is 6.88.